The van der Waals surface area contributed by atoms with Crippen molar-refractivity contribution in [2.75, 3.05) is 36.8 Å². The SMILES string of the molecule is CC(C)(C)N1CCN(c2cc(N)ncn2)CC1. The lowest BCUT2D eigenvalue weighted by Gasteiger charge is -2.42. The highest BCUT2D eigenvalue weighted by atomic mass is 15.3. The van der Waals surface area contributed by atoms with Crippen LogP contribution in [0.5, 0.6) is 0 Å². The Hall–Kier alpha value is -1.36. The van der Waals surface area contributed by atoms with Crippen molar-refractivity contribution in [1.82, 2.24) is 14.9 Å². The number of rotatable bonds is 1. The molecule has 0 aliphatic carbocycles. The van der Waals surface area contributed by atoms with E-state index in [1.165, 1.54) is 6.33 Å². The Balaban J connectivity index is 2.00. The van der Waals surface area contributed by atoms with Crippen molar-refractivity contribution in [3.8, 4) is 0 Å². The zero-order valence-corrected chi connectivity index (χ0v) is 10.8. The van der Waals surface area contributed by atoms with E-state index in [1.54, 1.807) is 0 Å². The maximum atomic E-state index is 5.67. The van der Waals surface area contributed by atoms with Crippen LogP contribution in [0.3, 0.4) is 0 Å². The molecule has 0 amide bonds. The molecule has 1 aromatic heterocycles. The molecule has 0 radical (unpaired) electrons. The number of hydrogen-bond donors (Lipinski definition) is 1. The molecular weight excluding hydrogens is 214 g/mol. The van der Waals surface area contributed by atoms with E-state index < -0.39 is 0 Å². The van der Waals surface area contributed by atoms with E-state index in [0.717, 1.165) is 32.0 Å². The third-order valence-electron chi connectivity index (χ3n) is 3.23. The molecule has 2 N–H and O–H groups in total. The van der Waals surface area contributed by atoms with Gasteiger partial charge in [-0.15, -0.1) is 0 Å². The molecule has 2 rings (SSSR count). The molecule has 1 fully saturated rings. The van der Waals surface area contributed by atoms with Crippen molar-refractivity contribution >= 4 is 11.6 Å². The Kier molecular flexibility index (Phi) is 3.19. The molecule has 1 saturated heterocycles. The number of hydrogen-bond acceptors (Lipinski definition) is 5. The zero-order chi connectivity index (χ0) is 12.5. The van der Waals surface area contributed by atoms with Crippen molar-refractivity contribution < 1.29 is 0 Å². The Labute approximate surface area is 103 Å². The summed E-state index contributed by atoms with van der Waals surface area (Å²) in [5, 5.41) is 0. The van der Waals surface area contributed by atoms with Crippen LogP contribution in [0, 0.1) is 0 Å². The quantitative estimate of drug-likeness (QED) is 0.786. The number of nitrogen functional groups attached to an aromatic ring is 1. The molecular formula is C12H21N5. The van der Waals surface area contributed by atoms with E-state index in [2.05, 4.69) is 40.5 Å². The number of nitrogens with two attached hydrogens (primary N) is 1. The summed E-state index contributed by atoms with van der Waals surface area (Å²) in [6.07, 6.45) is 1.53. The largest absolute Gasteiger partial charge is 0.384 e. The molecule has 5 nitrogen and oxygen atoms in total. The lowest BCUT2D eigenvalue weighted by atomic mass is 10.1. The maximum Gasteiger partial charge on any atom is 0.134 e. The Bertz CT molecular complexity index is 377. The molecule has 1 aliphatic rings. The summed E-state index contributed by atoms with van der Waals surface area (Å²) in [5.74, 6) is 1.47. The van der Waals surface area contributed by atoms with Gasteiger partial charge < -0.3 is 10.6 Å². The van der Waals surface area contributed by atoms with Gasteiger partial charge in [-0.2, -0.15) is 0 Å². The first kappa shape index (κ1) is 12.1. The fourth-order valence-electron chi connectivity index (χ4n) is 2.14. The van der Waals surface area contributed by atoms with E-state index in [1.807, 2.05) is 6.07 Å². The van der Waals surface area contributed by atoms with Gasteiger partial charge >= 0.3 is 0 Å². The second kappa shape index (κ2) is 4.49. The van der Waals surface area contributed by atoms with E-state index in [4.69, 9.17) is 5.73 Å². The fraction of sp³-hybridized carbons (Fsp3) is 0.667. The second-order valence-electron chi connectivity index (χ2n) is 5.45. The highest BCUT2D eigenvalue weighted by Crippen LogP contribution is 2.19. The minimum Gasteiger partial charge on any atom is -0.384 e. The Morgan fingerprint density at radius 1 is 1.12 bits per heavy atom. The zero-order valence-electron chi connectivity index (χ0n) is 10.8. The fourth-order valence-corrected chi connectivity index (χ4v) is 2.14. The van der Waals surface area contributed by atoms with E-state index in [9.17, 15) is 0 Å². The third kappa shape index (κ3) is 2.85. The van der Waals surface area contributed by atoms with Gasteiger partial charge in [0, 0.05) is 37.8 Å². The van der Waals surface area contributed by atoms with Crippen LogP contribution in [0.15, 0.2) is 12.4 Å². The maximum absolute atomic E-state index is 5.67. The molecule has 0 aromatic carbocycles. The van der Waals surface area contributed by atoms with Crippen LogP contribution in [0.2, 0.25) is 0 Å². The van der Waals surface area contributed by atoms with Gasteiger partial charge in [0.25, 0.3) is 0 Å². The normalized spacial score (nSPS) is 18.4. The van der Waals surface area contributed by atoms with Crippen LogP contribution < -0.4 is 10.6 Å². The van der Waals surface area contributed by atoms with Gasteiger partial charge in [-0.3, -0.25) is 4.90 Å². The summed E-state index contributed by atoms with van der Waals surface area (Å²) >= 11 is 0. The van der Waals surface area contributed by atoms with Crippen LogP contribution in [-0.2, 0) is 0 Å². The van der Waals surface area contributed by atoms with E-state index >= 15 is 0 Å². The first-order valence-electron chi connectivity index (χ1n) is 6.04. The standard InChI is InChI=1S/C12H21N5/c1-12(2,3)17-6-4-16(5-7-17)11-8-10(13)14-9-15-11/h8-9H,4-7H2,1-3H3,(H2,13,14,15). The number of anilines is 2. The molecule has 0 spiro atoms. The van der Waals surface area contributed by atoms with E-state index in [-0.39, 0.29) is 5.54 Å². The lowest BCUT2D eigenvalue weighted by Crippen LogP contribution is -2.53. The molecule has 1 aromatic rings. The summed E-state index contributed by atoms with van der Waals surface area (Å²) < 4.78 is 0. The number of piperazine rings is 1. The van der Waals surface area contributed by atoms with Crippen LogP contribution in [0.4, 0.5) is 11.6 Å². The van der Waals surface area contributed by atoms with Crippen LogP contribution in [0.1, 0.15) is 20.8 Å². The molecule has 0 unspecified atom stereocenters. The molecule has 0 atom stereocenters. The van der Waals surface area contributed by atoms with Gasteiger partial charge in [0.2, 0.25) is 0 Å². The smallest absolute Gasteiger partial charge is 0.134 e. The highest BCUT2D eigenvalue weighted by molar-refractivity contribution is 5.46. The molecule has 5 heteroatoms. The van der Waals surface area contributed by atoms with Crippen LogP contribution in [-0.4, -0.2) is 46.6 Å². The number of aromatic nitrogens is 2. The van der Waals surface area contributed by atoms with Gasteiger partial charge in [0.05, 0.1) is 0 Å². The molecule has 0 bridgehead atoms. The number of nitrogens with zero attached hydrogens (tertiary/aromatic N) is 4. The summed E-state index contributed by atoms with van der Waals surface area (Å²) in [4.78, 5) is 12.9. The van der Waals surface area contributed by atoms with Crippen LogP contribution in [0.25, 0.3) is 0 Å². The topological polar surface area (TPSA) is 58.3 Å². The minimum atomic E-state index is 0.247. The summed E-state index contributed by atoms with van der Waals surface area (Å²) in [6, 6.07) is 1.84. The molecule has 94 valence electrons. The summed E-state index contributed by atoms with van der Waals surface area (Å²) in [7, 11) is 0. The van der Waals surface area contributed by atoms with E-state index in [0.29, 0.717) is 5.82 Å². The van der Waals surface area contributed by atoms with Gasteiger partial charge in [0.15, 0.2) is 0 Å². The summed E-state index contributed by atoms with van der Waals surface area (Å²) in [6.45, 7) is 10.9. The molecule has 1 aliphatic heterocycles. The summed E-state index contributed by atoms with van der Waals surface area (Å²) in [5.41, 5.74) is 5.92. The second-order valence-corrected chi connectivity index (χ2v) is 5.45. The predicted molar refractivity (Wildman–Crippen MR) is 70.0 cm³/mol. The predicted octanol–water partition coefficient (Wildman–Crippen LogP) is 0.979. The average molecular weight is 235 g/mol. The average Bonchev–Trinajstić information content (AvgIpc) is 2.28. The monoisotopic (exact) mass is 235 g/mol. The first-order valence-corrected chi connectivity index (χ1v) is 6.04. The lowest BCUT2D eigenvalue weighted by molar-refractivity contribution is 0.128. The highest BCUT2D eigenvalue weighted by Gasteiger charge is 2.26. The molecule has 17 heavy (non-hydrogen) atoms. The molecule has 2 heterocycles. The van der Waals surface area contributed by atoms with Crippen LogP contribution >= 0.6 is 0 Å². The Morgan fingerprint density at radius 2 is 1.76 bits per heavy atom. The van der Waals surface area contributed by atoms with Crippen molar-refractivity contribution in [3.63, 3.8) is 0 Å². The minimum absolute atomic E-state index is 0.247. The van der Waals surface area contributed by atoms with Gasteiger partial charge in [-0.25, -0.2) is 9.97 Å². The van der Waals surface area contributed by atoms with Gasteiger partial charge in [-0.05, 0) is 20.8 Å². The van der Waals surface area contributed by atoms with Crippen molar-refractivity contribution in [3.05, 3.63) is 12.4 Å². The van der Waals surface area contributed by atoms with Crippen molar-refractivity contribution in [2.45, 2.75) is 26.3 Å². The van der Waals surface area contributed by atoms with Gasteiger partial charge in [0.1, 0.15) is 18.0 Å². The van der Waals surface area contributed by atoms with Gasteiger partial charge in [-0.1, -0.05) is 0 Å². The van der Waals surface area contributed by atoms with Crippen molar-refractivity contribution in [1.29, 1.82) is 0 Å². The molecule has 0 saturated carbocycles. The Morgan fingerprint density at radius 3 is 2.29 bits per heavy atom. The third-order valence-corrected chi connectivity index (χ3v) is 3.23. The van der Waals surface area contributed by atoms with Crippen molar-refractivity contribution in [2.24, 2.45) is 0 Å². The first-order chi connectivity index (χ1) is 7.97.